The van der Waals surface area contributed by atoms with Gasteiger partial charge in [-0.2, -0.15) is 0 Å². The topological polar surface area (TPSA) is 28.7 Å². The van der Waals surface area contributed by atoms with Crippen molar-refractivity contribution in [3.8, 4) is 11.3 Å². The van der Waals surface area contributed by atoms with Gasteiger partial charge in [-0.05, 0) is 43.7 Å². The zero-order valence-electron chi connectivity index (χ0n) is 11.4. The molecule has 0 spiro atoms. The quantitative estimate of drug-likeness (QED) is 0.729. The van der Waals surface area contributed by atoms with E-state index < -0.39 is 0 Å². The van der Waals surface area contributed by atoms with Crippen LogP contribution in [0, 0.1) is 6.92 Å². The number of benzene rings is 1. The van der Waals surface area contributed by atoms with Gasteiger partial charge < -0.3 is 4.98 Å². The third-order valence-electron chi connectivity index (χ3n) is 3.36. The summed E-state index contributed by atoms with van der Waals surface area (Å²) in [5.41, 5.74) is 5.80. The third-order valence-corrected chi connectivity index (χ3v) is 3.36. The number of hydrogen-bond donors (Lipinski definition) is 1. The molecule has 0 aliphatic rings. The maximum absolute atomic E-state index is 4.74. The van der Waals surface area contributed by atoms with Gasteiger partial charge in [0, 0.05) is 27.9 Å². The molecule has 2 heterocycles. The fraction of sp³-hybridized carbons (Fsp3) is 0.235. The van der Waals surface area contributed by atoms with Crippen LogP contribution in [0.5, 0.6) is 0 Å². The second-order valence-corrected chi connectivity index (χ2v) is 5.02. The molecule has 0 fully saturated rings. The van der Waals surface area contributed by atoms with Gasteiger partial charge in [0.05, 0.1) is 5.69 Å². The SMILES string of the molecule is CCCc1cccc(-c2ccc3[nH]c(C)cc3c2)n1. The second-order valence-electron chi connectivity index (χ2n) is 5.02. The zero-order chi connectivity index (χ0) is 13.2. The lowest BCUT2D eigenvalue weighted by Gasteiger charge is -2.04. The highest BCUT2D eigenvalue weighted by molar-refractivity contribution is 5.85. The first-order valence-corrected chi connectivity index (χ1v) is 6.82. The molecular weight excluding hydrogens is 232 g/mol. The fourth-order valence-corrected chi connectivity index (χ4v) is 2.47. The summed E-state index contributed by atoms with van der Waals surface area (Å²) in [6.07, 6.45) is 2.17. The lowest BCUT2D eigenvalue weighted by molar-refractivity contribution is 0.884. The summed E-state index contributed by atoms with van der Waals surface area (Å²) in [7, 11) is 0. The Balaban J connectivity index is 2.05. The minimum absolute atomic E-state index is 1.04. The zero-order valence-corrected chi connectivity index (χ0v) is 11.4. The van der Waals surface area contributed by atoms with Crippen molar-refractivity contribution in [3.05, 3.63) is 53.9 Å². The highest BCUT2D eigenvalue weighted by Gasteiger charge is 2.04. The molecule has 96 valence electrons. The maximum atomic E-state index is 4.74. The standard InChI is InChI=1S/C17H18N2/c1-3-5-15-6-4-7-16(19-15)13-8-9-17-14(11-13)10-12(2)18-17/h4,6-11,18H,3,5H2,1-2H3. The van der Waals surface area contributed by atoms with E-state index in [2.05, 4.69) is 61.3 Å². The van der Waals surface area contributed by atoms with Gasteiger partial charge in [-0.1, -0.05) is 25.5 Å². The monoisotopic (exact) mass is 250 g/mol. The summed E-state index contributed by atoms with van der Waals surface area (Å²) in [5, 5.41) is 1.25. The Morgan fingerprint density at radius 2 is 2.00 bits per heavy atom. The first kappa shape index (κ1) is 12.0. The number of H-pyrrole nitrogens is 1. The number of nitrogens with one attached hydrogen (secondary N) is 1. The van der Waals surface area contributed by atoms with Crippen molar-refractivity contribution < 1.29 is 0 Å². The normalized spacial score (nSPS) is 11.1. The number of nitrogens with zero attached hydrogens (tertiary/aromatic N) is 1. The van der Waals surface area contributed by atoms with Crippen molar-refractivity contribution >= 4 is 10.9 Å². The van der Waals surface area contributed by atoms with Crippen LogP contribution in [-0.2, 0) is 6.42 Å². The maximum Gasteiger partial charge on any atom is 0.0705 e. The van der Waals surface area contributed by atoms with E-state index in [-0.39, 0.29) is 0 Å². The van der Waals surface area contributed by atoms with E-state index >= 15 is 0 Å². The van der Waals surface area contributed by atoms with Crippen LogP contribution < -0.4 is 0 Å². The fourth-order valence-electron chi connectivity index (χ4n) is 2.47. The van der Waals surface area contributed by atoms with Crippen LogP contribution in [0.15, 0.2) is 42.5 Å². The van der Waals surface area contributed by atoms with Crippen LogP contribution in [0.2, 0.25) is 0 Å². The van der Waals surface area contributed by atoms with E-state index in [1.807, 2.05) is 0 Å². The predicted molar refractivity (Wildman–Crippen MR) is 80.3 cm³/mol. The van der Waals surface area contributed by atoms with Gasteiger partial charge in [0.2, 0.25) is 0 Å². The van der Waals surface area contributed by atoms with E-state index in [1.165, 1.54) is 27.9 Å². The Bertz CT molecular complexity index is 710. The van der Waals surface area contributed by atoms with Crippen molar-refractivity contribution in [2.24, 2.45) is 0 Å². The van der Waals surface area contributed by atoms with E-state index in [0.717, 1.165) is 18.5 Å². The molecule has 0 amide bonds. The van der Waals surface area contributed by atoms with Crippen LogP contribution in [0.4, 0.5) is 0 Å². The van der Waals surface area contributed by atoms with E-state index in [1.54, 1.807) is 0 Å². The molecule has 0 aliphatic carbocycles. The summed E-state index contributed by atoms with van der Waals surface area (Å²) < 4.78 is 0. The number of rotatable bonds is 3. The number of hydrogen-bond acceptors (Lipinski definition) is 1. The highest BCUT2D eigenvalue weighted by Crippen LogP contribution is 2.23. The number of aromatic nitrogens is 2. The molecule has 2 aromatic heterocycles. The molecule has 0 aliphatic heterocycles. The first-order chi connectivity index (χ1) is 9.26. The number of aryl methyl sites for hydroxylation is 2. The van der Waals surface area contributed by atoms with Crippen molar-refractivity contribution in [1.29, 1.82) is 0 Å². The molecule has 1 N–H and O–H groups in total. The molecule has 0 saturated heterocycles. The smallest absolute Gasteiger partial charge is 0.0705 e. The summed E-state index contributed by atoms with van der Waals surface area (Å²) >= 11 is 0. The lowest BCUT2D eigenvalue weighted by atomic mass is 10.1. The van der Waals surface area contributed by atoms with Crippen LogP contribution in [0.25, 0.3) is 22.2 Å². The van der Waals surface area contributed by atoms with Gasteiger partial charge >= 0.3 is 0 Å². The minimum Gasteiger partial charge on any atom is -0.359 e. The van der Waals surface area contributed by atoms with Gasteiger partial charge in [0.15, 0.2) is 0 Å². The Morgan fingerprint density at radius 3 is 2.84 bits per heavy atom. The van der Waals surface area contributed by atoms with Gasteiger partial charge in [-0.15, -0.1) is 0 Å². The number of pyridine rings is 1. The minimum atomic E-state index is 1.04. The third kappa shape index (κ3) is 2.39. The lowest BCUT2D eigenvalue weighted by Crippen LogP contribution is -1.91. The molecule has 3 rings (SSSR count). The molecule has 2 heteroatoms. The second kappa shape index (κ2) is 4.88. The van der Waals surface area contributed by atoms with Gasteiger partial charge in [0.25, 0.3) is 0 Å². The van der Waals surface area contributed by atoms with Crippen molar-refractivity contribution in [2.75, 3.05) is 0 Å². The summed E-state index contributed by atoms with van der Waals surface area (Å²) in [6, 6.07) is 14.9. The molecule has 2 nitrogen and oxygen atoms in total. The molecule has 0 radical (unpaired) electrons. The molecule has 1 aromatic carbocycles. The van der Waals surface area contributed by atoms with Crippen LogP contribution >= 0.6 is 0 Å². The Morgan fingerprint density at radius 1 is 1.11 bits per heavy atom. The van der Waals surface area contributed by atoms with E-state index in [9.17, 15) is 0 Å². The molecule has 3 aromatic rings. The molecule has 0 saturated carbocycles. The number of fused-ring (bicyclic) bond motifs is 1. The highest BCUT2D eigenvalue weighted by atomic mass is 14.7. The summed E-state index contributed by atoms with van der Waals surface area (Å²) in [5.74, 6) is 0. The van der Waals surface area contributed by atoms with Crippen LogP contribution in [0.1, 0.15) is 24.7 Å². The molecule has 0 bridgehead atoms. The summed E-state index contributed by atoms with van der Waals surface area (Å²) in [6.45, 7) is 4.27. The van der Waals surface area contributed by atoms with E-state index in [0.29, 0.717) is 0 Å². The van der Waals surface area contributed by atoms with Crippen LogP contribution in [-0.4, -0.2) is 9.97 Å². The predicted octanol–water partition coefficient (Wildman–Crippen LogP) is 4.49. The average molecular weight is 250 g/mol. The Hall–Kier alpha value is -2.09. The average Bonchev–Trinajstić information content (AvgIpc) is 2.78. The van der Waals surface area contributed by atoms with Crippen LogP contribution in [0.3, 0.4) is 0 Å². The molecule has 19 heavy (non-hydrogen) atoms. The van der Waals surface area contributed by atoms with Gasteiger partial charge in [-0.25, -0.2) is 0 Å². The summed E-state index contributed by atoms with van der Waals surface area (Å²) in [4.78, 5) is 8.08. The molecular formula is C17H18N2. The molecule has 0 unspecified atom stereocenters. The van der Waals surface area contributed by atoms with Crippen molar-refractivity contribution in [2.45, 2.75) is 26.7 Å². The van der Waals surface area contributed by atoms with E-state index in [4.69, 9.17) is 4.98 Å². The molecule has 0 atom stereocenters. The first-order valence-electron chi connectivity index (χ1n) is 6.82. The van der Waals surface area contributed by atoms with Crippen molar-refractivity contribution in [3.63, 3.8) is 0 Å². The largest absolute Gasteiger partial charge is 0.359 e. The van der Waals surface area contributed by atoms with Gasteiger partial charge in [-0.3, -0.25) is 4.98 Å². The van der Waals surface area contributed by atoms with Crippen molar-refractivity contribution in [1.82, 2.24) is 9.97 Å². The Kier molecular flexibility index (Phi) is 3.08. The Labute approximate surface area is 113 Å². The number of aromatic amines is 1. The van der Waals surface area contributed by atoms with Gasteiger partial charge in [0.1, 0.15) is 0 Å².